The number of rotatable bonds is 7. The molecular formula is C30H17Br2ClN4O5. The van der Waals surface area contributed by atoms with Crippen LogP contribution in [-0.2, 0) is 4.79 Å². The summed E-state index contributed by atoms with van der Waals surface area (Å²) in [5.41, 5.74) is 1.45. The Hall–Kier alpha value is -4.45. The summed E-state index contributed by atoms with van der Waals surface area (Å²) in [6.07, 6.45) is 4.24. The number of carbonyl (C=O) groups is 1. The molecule has 0 aliphatic rings. The number of non-ortho nitro benzene ring substituents is 1. The van der Waals surface area contributed by atoms with Gasteiger partial charge in [-0.2, -0.15) is 9.78 Å². The molecule has 0 radical (unpaired) electrons. The molecule has 42 heavy (non-hydrogen) atoms. The lowest BCUT2D eigenvalue weighted by Gasteiger charge is -2.11. The van der Waals surface area contributed by atoms with Crippen LogP contribution in [0.15, 0.2) is 110 Å². The second-order valence-corrected chi connectivity index (χ2v) is 10.9. The maximum Gasteiger partial charge on any atom is 0.336 e. The Kier molecular flexibility index (Phi) is 8.72. The average Bonchev–Trinajstić information content (AvgIpc) is 2.98. The first-order valence-electron chi connectivity index (χ1n) is 12.1. The molecule has 0 saturated heterocycles. The Labute approximate surface area is 260 Å². The van der Waals surface area contributed by atoms with Crippen molar-refractivity contribution in [3.8, 4) is 17.1 Å². The lowest BCUT2D eigenvalue weighted by atomic mass is 10.1. The molecule has 0 bridgehead atoms. The predicted octanol–water partition coefficient (Wildman–Crippen LogP) is 7.65. The van der Waals surface area contributed by atoms with Crippen LogP contribution in [0.2, 0.25) is 5.02 Å². The van der Waals surface area contributed by atoms with E-state index in [1.165, 1.54) is 36.6 Å². The van der Waals surface area contributed by atoms with Gasteiger partial charge in [-0.3, -0.25) is 14.9 Å². The van der Waals surface area contributed by atoms with Gasteiger partial charge in [0.2, 0.25) is 0 Å². The van der Waals surface area contributed by atoms with E-state index in [0.717, 1.165) is 10.2 Å². The number of hydrogen-bond acceptors (Lipinski definition) is 7. The standard InChI is InChI=1S/C30H17Br2ClN4O5/c31-21-15-20(28(25(32)16-21)42-27(38)14-7-18-5-10-22(33)11-6-18)17-34-36-29(19-8-12-23(13-9-19)37(40)41)35-26-4-2-1-3-24(26)30(36)39/h1-17H/b14-7+,34-17?. The molecule has 5 aromatic rings. The number of nitro groups is 1. The fraction of sp³-hybridized carbons (Fsp3) is 0. The maximum atomic E-state index is 13.5. The van der Waals surface area contributed by atoms with E-state index in [9.17, 15) is 19.7 Å². The van der Waals surface area contributed by atoms with Gasteiger partial charge >= 0.3 is 5.97 Å². The van der Waals surface area contributed by atoms with Crippen molar-refractivity contribution >= 4 is 78.3 Å². The highest BCUT2D eigenvalue weighted by Crippen LogP contribution is 2.32. The van der Waals surface area contributed by atoms with E-state index in [0.29, 0.717) is 36.0 Å². The monoisotopic (exact) mass is 706 g/mol. The van der Waals surface area contributed by atoms with Crippen LogP contribution in [-0.4, -0.2) is 26.8 Å². The van der Waals surface area contributed by atoms with Gasteiger partial charge < -0.3 is 4.74 Å². The van der Waals surface area contributed by atoms with Crippen LogP contribution in [0.5, 0.6) is 5.75 Å². The summed E-state index contributed by atoms with van der Waals surface area (Å²) >= 11 is 12.8. The Bertz CT molecular complexity index is 1960. The number of fused-ring (bicyclic) bond motifs is 1. The van der Waals surface area contributed by atoms with Gasteiger partial charge in [0.15, 0.2) is 11.6 Å². The number of nitro benzene ring substituents is 1. The summed E-state index contributed by atoms with van der Waals surface area (Å²) in [5, 5.41) is 16.5. The van der Waals surface area contributed by atoms with Gasteiger partial charge in [0.25, 0.3) is 11.2 Å². The minimum atomic E-state index is -0.640. The van der Waals surface area contributed by atoms with Crippen molar-refractivity contribution in [2.75, 3.05) is 0 Å². The third-order valence-corrected chi connectivity index (χ3v) is 7.22. The molecule has 0 aliphatic carbocycles. The van der Waals surface area contributed by atoms with Crippen molar-refractivity contribution in [2.24, 2.45) is 5.10 Å². The lowest BCUT2D eigenvalue weighted by molar-refractivity contribution is -0.384. The smallest absolute Gasteiger partial charge is 0.336 e. The van der Waals surface area contributed by atoms with E-state index in [1.54, 1.807) is 66.7 Å². The normalized spacial score (nSPS) is 11.4. The van der Waals surface area contributed by atoms with Crippen molar-refractivity contribution < 1.29 is 14.5 Å². The quantitative estimate of drug-likeness (QED) is 0.0428. The van der Waals surface area contributed by atoms with Gasteiger partial charge in [-0.1, -0.05) is 51.8 Å². The van der Waals surface area contributed by atoms with E-state index in [1.807, 2.05) is 0 Å². The summed E-state index contributed by atoms with van der Waals surface area (Å²) in [6, 6.07) is 22.8. The highest BCUT2D eigenvalue weighted by atomic mass is 79.9. The first-order valence-corrected chi connectivity index (χ1v) is 14.1. The molecule has 1 heterocycles. The van der Waals surface area contributed by atoms with Crippen LogP contribution in [0, 0.1) is 10.1 Å². The molecule has 208 valence electrons. The van der Waals surface area contributed by atoms with E-state index >= 15 is 0 Å². The summed E-state index contributed by atoms with van der Waals surface area (Å²) in [6.45, 7) is 0. The third kappa shape index (κ3) is 6.54. The SMILES string of the molecule is O=C(/C=C/c1ccc(Cl)cc1)Oc1c(Br)cc(Br)cc1C=Nn1c(-c2ccc([N+](=O)[O-])cc2)nc2ccccc2c1=O. The molecule has 5 rings (SSSR count). The first-order chi connectivity index (χ1) is 20.2. The second kappa shape index (κ2) is 12.6. The van der Waals surface area contributed by atoms with Crippen LogP contribution in [0.25, 0.3) is 28.4 Å². The summed E-state index contributed by atoms with van der Waals surface area (Å²) in [4.78, 5) is 41.5. The number of carbonyl (C=O) groups excluding carboxylic acids is 1. The number of benzene rings is 4. The minimum absolute atomic E-state index is 0.104. The third-order valence-electron chi connectivity index (χ3n) is 5.92. The zero-order valence-corrected chi connectivity index (χ0v) is 25.2. The van der Waals surface area contributed by atoms with Crippen molar-refractivity contribution in [3.05, 3.63) is 137 Å². The van der Waals surface area contributed by atoms with Crippen LogP contribution < -0.4 is 10.3 Å². The molecule has 12 heteroatoms. The molecule has 0 N–H and O–H groups in total. The van der Waals surface area contributed by atoms with Gasteiger partial charge in [0.05, 0.1) is 26.5 Å². The van der Waals surface area contributed by atoms with E-state index in [-0.39, 0.29) is 17.3 Å². The summed E-state index contributed by atoms with van der Waals surface area (Å²) in [5.74, 6) is -0.298. The molecule has 0 unspecified atom stereocenters. The number of hydrogen-bond donors (Lipinski definition) is 0. The van der Waals surface area contributed by atoms with Crippen LogP contribution in [0.3, 0.4) is 0 Å². The fourth-order valence-corrected chi connectivity index (χ4v) is 5.39. The largest absolute Gasteiger partial charge is 0.421 e. The molecule has 1 aromatic heterocycles. The van der Waals surface area contributed by atoms with Gasteiger partial charge in [0, 0.05) is 38.8 Å². The number of halogens is 3. The van der Waals surface area contributed by atoms with Gasteiger partial charge in [-0.15, -0.1) is 0 Å². The summed E-state index contributed by atoms with van der Waals surface area (Å²) in [7, 11) is 0. The Morgan fingerprint density at radius 3 is 2.45 bits per heavy atom. The van der Waals surface area contributed by atoms with Crippen molar-refractivity contribution in [1.29, 1.82) is 0 Å². The molecule has 0 saturated carbocycles. The van der Waals surface area contributed by atoms with E-state index in [4.69, 9.17) is 16.3 Å². The average molecular weight is 709 g/mol. The Morgan fingerprint density at radius 2 is 1.74 bits per heavy atom. The van der Waals surface area contributed by atoms with Gasteiger partial charge in [-0.05, 0) is 76.1 Å². The molecule has 0 aliphatic heterocycles. The van der Waals surface area contributed by atoms with Crippen LogP contribution in [0.1, 0.15) is 11.1 Å². The topological polar surface area (TPSA) is 117 Å². The highest BCUT2D eigenvalue weighted by Gasteiger charge is 2.16. The number of para-hydroxylation sites is 1. The molecular weight excluding hydrogens is 692 g/mol. The Balaban J connectivity index is 1.55. The molecule has 0 atom stereocenters. The second-order valence-electron chi connectivity index (χ2n) is 8.73. The maximum absolute atomic E-state index is 13.5. The highest BCUT2D eigenvalue weighted by molar-refractivity contribution is 9.11. The zero-order valence-electron chi connectivity index (χ0n) is 21.3. The fourth-order valence-electron chi connectivity index (χ4n) is 3.93. The lowest BCUT2D eigenvalue weighted by Crippen LogP contribution is -2.20. The first kappa shape index (κ1) is 29.1. The number of ether oxygens (including phenoxy) is 1. The number of aromatic nitrogens is 2. The van der Waals surface area contributed by atoms with Crippen molar-refractivity contribution in [2.45, 2.75) is 0 Å². The number of esters is 1. The van der Waals surface area contributed by atoms with Gasteiger partial charge in [0.1, 0.15) is 0 Å². The molecule has 0 fully saturated rings. The Morgan fingerprint density at radius 1 is 1.02 bits per heavy atom. The van der Waals surface area contributed by atoms with Crippen LogP contribution in [0.4, 0.5) is 5.69 Å². The number of nitrogens with zero attached hydrogens (tertiary/aromatic N) is 4. The molecule has 0 spiro atoms. The minimum Gasteiger partial charge on any atom is -0.421 e. The van der Waals surface area contributed by atoms with Crippen LogP contribution >= 0.6 is 43.5 Å². The van der Waals surface area contributed by atoms with Crippen molar-refractivity contribution in [1.82, 2.24) is 9.66 Å². The van der Waals surface area contributed by atoms with Crippen molar-refractivity contribution in [3.63, 3.8) is 0 Å². The molecule has 4 aromatic carbocycles. The molecule has 9 nitrogen and oxygen atoms in total. The van der Waals surface area contributed by atoms with E-state index in [2.05, 4.69) is 41.9 Å². The molecule has 0 amide bonds. The predicted molar refractivity (Wildman–Crippen MR) is 169 cm³/mol. The van der Waals surface area contributed by atoms with Gasteiger partial charge in [-0.25, -0.2) is 9.78 Å². The summed E-state index contributed by atoms with van der Waals surface area (Å²) < 4.78 is 7.86. The zero-order chi connectivity index (χ0) is 29.8. The van der Waals surface area contributed by atoms with E-state index < -0.39 is 16.5 Å².